The van der Waals surface area contributed by atoms with Gasteiger partial charge in [-0.1, -0.05) is 19.4 Å². The van der Waals surface area contributed by atoms with E-state index in [4.69, 9.17) is 0 Å². The fraction of sp³-hybridized carbons (Fsp3) is 0.500. The summed E-state index contributed by atoms with van der Waals surface area (Å²) in [6, 6.07) is 4.90. The molecule has 1 aliphatic carbocycles. The van der Waals surface area contributed by atoms with Crippen LogP contribution in [0.4, 0.5) is 5.69 Å². The molecule has 3 atom stereocenters. The second-order valence-electron chi connectivity index (χ2n) is 5.79. The van der Waals surface area contributed by atoms with Crippen LogP contribution in [0.25, 0.3) is 0 Å². The van der Waals surface area contributed by atoms with Crippen molar-refractivity contribution in [1.82, 2.24) is 0 Å². The van der Waals surface area contributed by atoms with E-state index < -0.39 is 17.8 Å². The van der Waals surface area contributed by atoms with E-state index in [0.29, 0.717) is 18.5 Å². The molecule has 0 spiro atoms. The molecule has 5 nitrogen and oxygen atoms in total. The zero-order valence-electron chi connectivity index (χ0n) is 12.3. The molecule has 3 N–H and O–H groups in total. The first-order chi connectivity index (χ1) is 9.92. The number of hydrogen-bond acceptors (Lipinski definition) is 3. The minimum absolute atomic E-state index is 0.112. The Bertz CT molecular complexity index is 555. The number of phenolic OH excluding ortho intramolecular Hbond substituents is 1. The molecule has 1 aromatic carbocycles. The number of carbonyl (C=O) groups excluding carboxylic acids is 1. The molecule has 0 heterocycles. The van der Waals surface area contributed by atoms with Gasteiger partial charge in [0.15, 0.2) is 0 Å². The summed E-state index contributed by atoms with van der Waals surface area (Å²) in [4.78, 5) is 23.6. The van der Waals surface area contributed by atoms with Crippen molar-refractivity contribution in [2.24, 2.45) is 17.8 Å². The maximum atomic E-state index is 12.3. The van der Waals surface area contributed by atoms with Crippen molar-refractivity contribution in [3.8, 4) is 5.75 Å². The highest BCUT2D eigenvalue weighted by Crippen LogP contribution is 2.39. The average Bonchev–Trinajstić information content (AvgIpc) is 2.87. The number of hydrogen-bond donors (Lipinski definition) is 3. The van der Waals surface area contributed by atoms with Crippen molar-refractivity contribution in [2.45, 2.75) is 33.1 Å². The number of aryl methyl sites for hydroxylation is 1. The number of aromatic hydroxyl groups is 1. The largest absolute Gasteiger partial charge is 0.508 e. The molecule has 0 aliphatic heterocycles. The normalized spacial score (nSPS) is 24.8. The minimum Gasteiger partial charge on any atom is -0.508 e. The highest BCUT2D eigenvalue weighted by Gasteiger charge is 2.42. The first-order valence-corrected chi connectivity index (χ1v) is 7.25. The Labute approximate surface area is 124 Å². The highest BCUT2D eigenvalue weighted by molar-refractivity contribution is 5.95. The fourth-order valence-electron chi connectivity index (χ4n) is 2.96. The Morgan fingerprint density at radius 2 is 1.95 bits per heavy atom. The number of carboxylic acids is 1. The monoisotopic (exact) mass is 291 g/mol. The summed E-state index contributed by atoms with van der Waals surface area (Å²) in [5.41, 5.74) is 1.22. The standard InChI is InChI=1S/C16H21NO4/c1-3-10-6-12(13(7-10)16(20)21)15(19)17-11-5-4-9(2)14(18)8-11/h4-5,8,10,12-13,18H,3,6-7H2,1-2H3,(H,17,19)(H,20,21). The van der Waals surface area contributed by atoms with Gasteiger partial charge in [-0.25, -0.2) is 0 Å². The second kappa shape index (κ2) is 6.16. The van der Waals surface area contributed by atoms with Gasteiger partial charge >= 0.3 is 5.97 Å². The van der Waals surface area contributed by atoms with Gasteiger partial charge in [0.05, 0.1) is 11.8 Å². The Morgan fingerprint density at radius 3 is 2.52 bits per heavy atom. The molecule has 0 bridgehead atoms. The number of aliphatic carboxylic acids is 1. The lowest BCUT2D eigenvalue weighted by Crippen LogP contribution is -2.29. The van der Waals surface area contributed by atoms with Crippen molar-refractivity contribution in [1.29, 1.82) is 0 Å². The van der Waals surface area contributed by atoms with Gasteiger partial charge in [-0.05, 0) is 37.3 Å². The molecule has 5 heteroatoms. The van der Waals surface area contributed by atoms with E-state index in [0.717, 1.165) is 12.0 Å². The highest BCUT2D eigenvalue weighted by atomic mass is 16.4. The smallest absolute Gasteiger partial charge is 0.307 e. The van der Waals surface area contributed by atoms with Gasteiger partial charge in [0.1, 0.15) is 5.75 Å². The molecule has 3 unspecified atom stereocenters. The SMILES string of the molecule is CCC1CC(C(=O)O)C(C(=O)Nc2ccc(C)c(O)c2)C1. The van der Waals surface area contributed by atoms with E-state index in [9.17, 15) is 19.8 Å². The van der Waals surface area contributed by atoms with Gasteiger partial charge in [-0.2, -0.15) is 0 Å². The second-order valence-corrected chi connectivity index (χ2v) is 5.79. The van der Waals surface area contributed by atoms with Crippen molar-refractivity contribution < 1.29 is 19.8 Å². The van der Waals surface area contributed by atoms with E-state index in [1.807, 2.05) is 6.92 Å². The lowest BCUT2D eigenvalue weighted by Gasteiger charge is -2.16. The number of benzene rings is 1. The summed E-state index contributed by atoms with van der Waals surface area (Å²) in [5.74, 6) is -1.90. The fourth-order valence-corrected chi connectivity index (χ4v) is 2.96. The van der Waals surface area contributed by atoms with E-state index >= 15 is 0 Å². The van der Waals surface area contributed by atoms with Gasteiger partial charge in [0, 0.05) is 11.8 Å². The molecule has 0 radical (unpaired) electrons. The third kappa shape index (κ3) is 3.35. The number of carboxylic acid groups (broad SMARTS) is 1. The summed E-state index contributed by atoms with van der Waals surface area (Å²) in [6.07, 6.45) is 2.05. The molecule has 114 valence electrons. The Hall–Kier alpha value is -2.04. The van der Waals surface area contributed by atoms with Crippen LogP contribution in [0.5, 0.6) is 5.75 Å². The molecule has 1 aliphatic rings. The number of nitrogens with one attached hydrogen (secondary N) is 1. The van der Waals surface area contributed by atoms with Crippen LogP contribution < -0.4 is 5.32 Å². The molecule has 21 heavy (non-hydrogen) atoms. The van der Waals surface area contributed by atoms with Crippen molar-refractivity contribution in [2.75, 3.05) is 5.32 Å². The Kier molecular flexibility index (Phi) is 4.50. The maximum Gasteiger partial charge on any atom is 0.307 e. The van der Waals surface area contributed by atoms with E-state index in [-0.39, 0.29) is 17.6 Å². The predicted molar refractivity (Wildman–Crippen MR) is 79.1 cm³/mol. The van der Waals surface area contributed by atoms with Crippen LogP contribution in [0.15, 0.2) is 18.2 Å². The van der Waals surface area contributed by atoms with Crippen LogP contribution in [0.1, 0.15) is 31.7 Å². The number of phenols is 1. The molecular formula is C16H21NO4. The Balaban J connectivity index is 2.11. The van der Waals surface area contributed by atoms with E-state index in [1.54, 1.807) is 19.1 Å². The van der Waals surface area contributed by atoms with Crippen molar-refractivity contribution in [3.05, 3.63) is 23.8 Å². The number of rotatable bonds is 4. The summed E-state index contributed by atoms with van der Waals surface area (Å²) in [7, 11) is 0. The van der Waals surface area contributed by atoms with Crippen LogP contribution >= 0.6 is 0 Å². The predicted octanol–water partition coefficient (Wildman–Crippen LogP) is 2.78. The van der Waals surface area contributed by atoms with E-state index in [1.165, 1.54) is 6.07 Å². The van der Waals surface area contributed by atoms with Crippen LogP contribution in [-0.2, 0) is 9.59 Å². The van der Waals surface area contributed by atoms with Crippen LogP contribution in [-0.4, -0.2) is 22.1 Å². The summed E-state index contributed by atoms with van der Waals surface area (Å²) >= 11 is 0. The van der Waals surface area contributed by atoms with Gasteiger partial charge in [-0.15, -0.1) is 0 Å². The Morgan fingerprint density at radius 1 is 1.29 bits per heavy atom. The zero-order valence-corrected chi connectivity index (χ0v) is 12.3. The number of amides is 1. The maximum absolute atomic E-state index is 12.3. The molecule has 1 fully saturated rings. The van der Waals surface area contributed by atoms with Crippen LogP contribution in [0, 0.1) is 24.7 Å². The first-order valence-electron chi connectivity index (χ1n) is 7.25. The van der Waals surface area contributed by atoms with Gasteiger partial charge in [0.2, 0.25) is 5.91 Å². The molecule has 1 amide bonds. The van der Waals surface area contributed by atoms with Crippen LogP contribution in [0.2, 0.25) is 0 Å². The quantitative estimate of drug-likeness (QED) is 0.796. The molecule has 1 aromatic rings. The average molecular weight is 291 g/mol. The zero-order chi connectivity index (χ0) is 15.6. The summed E-state index contributed by atoms with van der Waals surface area (Å²) in [6.45, 7) is 3.78. The van der Waals surface area contributed by atoms with Crippen LogP contribution in [0.3, 0.4) is 0 Å². The summed E-state index contributed by atoms with van der Waals surface area (Å²) in [5, 5.41) is 21.6. The van der Waals surface area contributed by atoms with Gasteiger partial charge in [0.25, 0.3) is 0 Å². The van der Waals surface area contributed by atoms with Gasteiger partial charge in [-0.3, -0.25) is 9.59 Å². The van der Waals surface area contributed by atoms with E-state index in [2.05, 4.69) is 5.32 Å². The first kappa shape index (κ1) is 15.4. The number of anilines is 1. The molecule has 0 saturated heterocycles. The molecule has 1 saturated carbocycles. The topological polar surface area (TPSA) is 86.6 Å². The lowest BCUT2D eigenvalue weighted by molar-refractivity contribution is -0.145. The third-order valence-electron chi connectivity index (χ3n) is 4.37. The lowest BCUT2D eigenvalue weighted by atomic mass is 9.95. The minimum atomic E-state index is -0.905. The van der Waals surface area contributed by atoms with Crippen molar-refractivity contribution in [3.63, 3.8) is 0 Å². The molecular weight excluding hydrogens is 270 g/mol. The number of carbonyl (C=O) groups is 2. The summed E-state index contributed by atoms with van der Waals surface area (Å²) < 4.78 is 0. The van der Waals surface area contributed by atoms with Crippen molar-refractivity contribution >= 4 is 17.6 Å². The third-order valence-corrected chi connectivity index (χ3v) is 4.37. The molecule has 0 aromatic heterocycles. The molecule has 2 rings (SSSR count). The van der Waals surface area contributed by atoms with Gasteiger partial charge < -0.3 is 15.5 Å².